The molecule has 1 unspecified atom stereocenters. The predicted molar refractivity (Wildman–Crippen MR) is 130 cm³/mol. The molecule has 2 aromatic carbocycles. The minimum Gasteiger partial charge on any atom is -0.379 e. The molecule has 4 rings (SSSR count). The molecule has 1 atom stereocenters. The van der Waals surface area contributed by atoms with Gasteiger partial charge in [-0.3, -0.25) is 9.69 Å². The first kappa shape index (κ1) is 25.2. The van der Waals surface area contributed by atoms with Crippen LogP contribution in [-0.4, -0.2) is 48.2 Å². The number of aromatic nitrogens is 1. The quantitative estimate of drug-likeness (QED) is 0.582. The zero-order valence-corrected chi connectivity index (χ0v) is 19.3. The van der Waals surface area contributed by atoms with Gasteiger partial charge in [0.05, 0.1) is 13.2 Å². The minimum atomic E-state index is -0.690. The molecule has 168 valence electrons. The van der Waals surface area contributed by atoms with Gasteiger partial charge in [-0.1, -0.05) is 29.8 Å². The Hall–Kier alpha value is -2.09. The number of rotatable bonds is 6. The number of morpholine rings is 1. The van der Waals surface area contributed by atoms with Crippen LogP contribution in [0.4, 0.5) is 5.69 Å². The maximum atomic E-state index is 12.6. The fraction of sp³-hybridized carbons (Fsp3) is 0.348. The van der Waals surface area contributed by atoms with E-state index in [9.17, 15) is 4.79 Å². The molecule has 2 heterocycles. The number of aryl methyl sites for hydroxylation is 1. The molecule has 3 aromatic rings. The number of anilines is 1. The van der Waals surface area contributed by atoms with Crippen LogP contribution in [0.15, 0.2) is 54.7 Å². The molecule has 3 N–H and O–H groups in total. The molecule has 0 bridgehead atoms. The highest BCUT2D eigenvalue weighted by Gasteiger charge is 2.16. The van der Waals surface area contributed by atoms with Crippen molar-refractivity contribution >= 4 is 47.3 Å². The average Bonchev–Trinajstić information content (AvgIpc) is 3.15. The third-order valence-corrected chi connectivity index (χ3v) is 5.52. The van der Waals surface area contributed by atoms with Crippen molar-refractivity contribution in [3.05, 3.63) is 65.9 Å². The lowest BCUT2D eigenvalue weighted by molar-refractivity contribution is -0.117. The Kier molecular flexibility index (Phi) is 9.34. The maximum absolute atomic E-state index is 12.6. The maximum Gasteiger partial charge on any atom is 0.245 e. The van der Waals surface area contributed by atoms with Gasteiger partial charge in [-0.25, -0.2) is 0 Å². The molecule has 0 radical (unpaired) electrons. The summed E-state index contributed by atoms with van der Waals surface area (Å²) in [6.07, 6.45) is 2.11. The van der Waals surface area contributed by atoms with E-state index >= 15 is 0 Å². The van der Waals surface area contributed by atoms with Gasteiger partial charge < -0.3 is 20.4 Å². The number of halogens is 2. The molecule has 6 nitrogen and oxygen atoms in total. The van der Waals surface area contributed by atoms with E-state index in [1.807, 2.05) is 43.3 Å². The second-order valence-corrected chi connectivity index (χ2v) is 7.61. The van der Waals surface area contributed by atoms with E-state index in [0.717, 1.165) is 61.6 Å². The number of fused-ring (bicyclic) bond motifs is 1. The van der Waals surface area contributed by atoms with E-state index in [-0.39, 0.29) is 30.7 Å². The van der Waals surface area contributed by atoms with E-state index in [1.165, 1.54) is 5.52 Å². The molecule has 0 aliphatic carbocycles. The first-order valence-corrected chi connectivity index (χ1v) is 10.1. The van der Waals surface area contributed by atoms with Gasteiger partial charge in [-0.15, -0.1) is 24.8 Å². The summed E-state index contributed by atoms with van der Waals surface area (Å²) < 4.78 is 7.67. The topological polar surface area (TPSA) is 72.5 Å². The summed E-state index contributed by atoms with van der Waals surface area (Å²) in [6.45, 7) is 7.59. The minimum absolute atomic E-state index is 0. The zero-order valence-electron chi connectivity index (χ0n) is 17.6. The SMILES string of the molecule is Cc1ccc(C(N)C(=O)Nc2ccc3c(ccn3CCN3CCOCC3)c2)cc1.Cl.Cl. The number of ether oxygens (including phenoxy) is 1. The van der Waals surface area contributed by atoms with Crippen LogP contribution in [0, 0.1) is 6.92 Å². The van der Waals surface area contributed by atoms with Crippen molar-refractivity contribution < 1.29 is 9.53 Å². The standard InChI is InChI=1S/C23H28N4O2.2ClH/c1-17-2-4-18(5-3-17)22(24)23(28)25-20-6-7-21-19(16-20)8-9-27(21)11-10-26-12-14-29-15-13-26;;/h2-9,16,22H,10-15,24H2,1H3,(H,25,28);2*1H. The highest BCUT2D eigenvalue weighted by molar-refractivity contribution is 5.97. The number of hydrogen-bond acceptors (Lipinski definition) is 4. The smallest absolute Gasteiger partial charge is 0.245 e. The highest BCUT2D eigenvalue weighted by Crippen LogP contribution is 2.22. The molecule has 1 aliphatic rings. The lowest BCUT2D eigenvalue weighted by Gasteiger charge is -2.26. The number of benzene rings is 2. The van der Waals surface area contributed by atoms with Crippen LogP contribution in [0.1, 0.15) is 17.2 Å². The van der Waals surface area contributed by atoms with Gasteiger partial charge in [-0.05, 0) is 36.8 Å². The number of amides is 1. The normalized spacial score (nSPS) is 15.0. The number of carbonyl (C=O) groups excluding carboxylic acids is 1. The molecule has 0 saturated carbocycles. The Balaban J connectivity index is 0.00000171. The number of nitrogens with one attached hydrogen (secondary N) is 1. The number of nitrogens with zero attached hydrogens (tertiary/aromatic N) is 2. The van der Waals surface area contributed by atoms with Gasteiger partial charge in [0.25, 0.3) is 0 Å². The Labute approximate surface area is 195 Å². The number of nitrogens with two attached hydrogens (primary N) is 1. The number of hydrogen-bond donors (Lipinski definition) is 2. The Morgan fingerprint density at radius 2 is 1.77 bits per heavy atom. The zero-order chi connectivity index (χ0) is 20.2. The summed E-state index contributed by atoms with van der Waals surface area (Å²) in [5.74, 6) is -0.208. The average molecular weight is 465 g/mol. The van der Waals surface area contributed by atoms with Crippen LogP contribution in [0.2, 0.25) is 0 Å². The molecule has 31 heavy (non-hydrogen) atoms. The largest absolute Gasteiger partial charge is 0.379 e. The summed E-state index contributed by atoms with van der Waals surface area (Å²) in [5.41, 5.74) is 10.0. The van der Waals surface area contributed by atoms with Gasteiger partial charge in [0.15, 0.2) is 0 Å². The second-order valence-electron chi connectivity index (χ2n) is 7.61. The van der Waals surface area contributed by atoms with E-state index in [1.54, 1.807) is 0 Å². The molecule has 8 heteroatoms. The third-order valence-electron chi connectivity index (χ3n) is 5.52. The van der Waals surface area contributed by atoms with Crippen molar-refractivity contribution in [1.29, 1.82) is 0 Å². The monoisotopic (exact) mass is 464 g/mol. The summed E-state index contributed by atoms with van der Waals surface area (Å²) >= 11 is 0. The van der Waals surface area contributed by atoms with E-state index in [0.29, 0.717) is 0 Å². The molecule has 1 amide bonds. The molecule has 0 spiro atoms. The van der Waals surface area contributed by atoms with E-state index in [4.69, 9.17) is 10.5 Å². The molecule has 1 aromatic heterocycles. The number of carbonyl (C=O) groups is 1. The van der Waals surface area contributed by atoms with Crippen molar-refractivity contribution in [2.24, 2.45) is 5.73 Å². The highest BCUT2D eigenvalue weighted by atomic mass is 35.5. The Morgan fingerprint density at radius 3 is 2.48 bits per heavy atom. The summed E-state index contributed by atoms with van der Waals surface area (Å²) in [7, 11) is 0. The Bertz CT molecular complexity index is 985. The van der Waals surface area contributed by atoms with Gasteiger partial charge in [-0.2, -0.15) is 0 Å². The molecular weight excluding hydrogens is 435 g/mol. The lowest BCUT2D eigenvalue weighted by Crippen LogP contribution is -2.38. The fourth-order valence-corrected chi connectivity index (χ4v) is 3.69. The van der Waals surface area contributed by atoms with Crippen LogP contribution in [0.3, 0.4) is 0 Å². The first-order chi connectivity index (χ1) is 14.1. The first-order valence-electron chi connectivity index (χ1n) is 10.1. The van der Waals surface area contributed by atoms with Crippen molar-refractivity contribution in [2.75, 3.05) is 38.2 Å². The van der Waals surface area contributed by atoms with Gasteiger partial charge in [0.2, 0.25) is 5.91 Å². The fourth-order valence-electron chi connectivity index (χ4n) is 3.69. The molecule has 1 aliphatic heterocycles. The van der Waals surface area contributed by atoms with Crippen LogP contribution < -0.4 is 11.1 Å². The van der Waals surface area contributed by atoms with Crippen molar-refractivity contribution in [3.8, 4) is 0 Å². The molecule has 1 fully saturated rings. The van der Waals surface area contributed by atoms with Crippen molar-refractivity contribution in [2.45, 2.75) is 19.5 Å². The predicted octanol–water partition coefficient (Wildman–Crippen LogP) is 3.76. The summed E-state index contributed by atoms with van der Waals surface area (Å²) in [6, 6.07) is 15.1. The Morgan fingerprint density at radius 1 is 1.06 bits per heavy atom. The lowest BCUT2D eigenvalue weighted by atomic mass is 10.1. The summed E-state index contributed by atoms with van der Waals surface area (Å²) in [5, 5.41) is 4.05. The van der Waals surface area contributed by atoms with Gasteiger partial charge in [0, 0.05) is 49.0 Å². The van der Waals surface area contributed by atoms with Gasteiger partial charge in [0.1, 0.15) is 6.04 Å². The molecular formula is C23H30Cl2N4O2. The van der Waals surface area contributed by atoms with Crippen LogP contribution >= 0.6 is 24.8 Å². The van der Waals surface area contributed by atoms with Gasteiger partial charge >= 0.3 is 0 Å². The van der Waals surface area contributed by atoms with Crippen molar-refractivity contribution in [1.82, 2.24) is 9.47 Å². The van der Waals surface area contributed by atoms with Crippen LogP contribution in [0.25, 0.3) is 10.9 Å². The van der Waals surface area contributed by atoms with Crippen LogP contribution in [-0.2, 0) is 16.1 Å². The van der Waals surface area contributed by atoms with Crippen molar-refractivity contribution in [3.63, 3.8) is 0 Å². The van der Waals surface area contributed by atoms with E-state index < -0.39 is 6.04 Å². The second kappa shape index (κ2) is 11.5. The molecule has 1 saturated heterocycles. The van der Waals surface area contributed by atoms with Crippen LogP contribution in [0.5, 0.6) is 0 Å². The summed E-state index contributed by atoms with van der Waals surface area (Å²) in [4.78, 5) is 15.0. The van der Waals surface area contributed by atoms with E-state index in [2.05, 4.69) is 33.1 Å². The third kappa shape index (κ3) is 6.21.